The molecule has 0 bridgehead atoms. The first-order chi connectivity index (χ1) is 29.6. The average molecular weight is 838 g/mol. The predicted octanol–water partition coefficient (Wildman–Crippen LogP) is 5.03. The second kappa shape index (κ2) is 22.9. The lowest BCUT2D eigenvalue weighted by atomic mass is 9.91. The van der Waals surface area contributed by atoms with E-state index >= 15 is 0 Å². The van der Waals surface area contributed by atoms with Gasteiger partial charge in [-0.2, -0.15) is 0 Å². The predicted molar refractivity (Wildman–Crippen MR) is 237 cm³/mol. The number of anilines is 2. The van der Waals surface area contributed by atoms with Crippen LogP contribution in [0, 0.1) is 0 Å². The molecule has 4 heterocycles. The zero-order valence-electron chi connectivity index (χ0n) is 36.4. The van der Waals surface area contributed by atoms with Crippen LogP contribution in [0.1, 0.15) is 66.5 Å². The highest BCUT2D eigenvalue weighted by Gasteiger charge is 2.40. The largest absolute Gasteiger partial charge is 0.491 e. The van der Waals surface area contributed by atoms with E-state index in [0.29, 0.717) is 96.2 Å². The van der Waals surface area contributed by atoms with Crippen LogP contribution in [0.3, 0.4) is 0 Å². The number of aromatic nitrogens is 2. The molecule has 328 valence electrons. The molecule has 14 heteroatoms. The van der Waals surface area contributed by atoms with Crippen molar-refractivity contribution in [3.8, 4) is 5.75 Å². The number of benzene rings is 2. The summed E-state index contributed by atoms with van der Waals surface area (Å²) in [4.78, 5) is 39.4. The van der Waals surface area contributed by atoms with Crippen LogP contribution in [0.5, 0.6) is 5.75 Å². The molecular formula is C47H63N7O7. The fourth-order valence-corrected chi connectivity index (χ4v) is 7.71. The molecule has 14 nitrogen and oxygen atoms in total. The highest BCUT2D eigenvalue weighted by Crippen LogP contribution is 2.40. The number of ether oxygens (including phenoxy) is 5. The number of amides is 2. The molecule has 6 rings (SSSR count). The van der Waals surface area contributed by atoms with Gasteiger partial charge in [-0.3, -0.25) is 24.5 Å². The van der Waals surface area contributed by atoms with Gasteiger partial charge in [-0.15, -0.1) is 0 Å². The zero-order valence-corrected chi connectivity index (χ0v) is 36.4. The summed E-state index contributed by atoms with van der Waals surface area (Å²) in [5.74, 6) is 0.717. The number of nitrogens with one attached hydrogen (secondary N) is 3. The molecule has 2 aromatic carbocycles. The normalized spacial score (nSPS) is 17.8. The van der Waals surface area contributed by atoms with Crippen LogP contribution >= 0.6 is 0 Å². The third-order valence-corrected chi connectivity index (χ3v) is 11.0. The molecule has 2 aliphatic heterocycles. The van der Waals surface area contributed by atoms with Gasteiger partial charge >= 0.3 is 0 Å². The van der Waals surface area contributed by atoms with Crippen molar-refractivity contribution < 1.29 is 33.3 Å². The van der Waals surface area contributed by atoms with Gasteiger partial charge in [-0.05, 0) is 79.4 Å². The van der Waals surface area contributed by atoms with Crippen LogP contribution < -0.4 is 25.6 Å². The SMILES string of the molecule is COC[C@H]1CN[C@H](C)CN1CC(=O)N1CC(C)(C)c2ncc(Cc3cccc(OCCOCCOCCOCCN[C@H](C)c4ccc(C(=O)Nc5ccncc5)cc4)c3)cc21. The van der Waals surface area contributed by atoms with Crippen molar-refractivity contribution in [1.82, 2.24) is 25.5 Å². The molecule has 0 radical (unpaired) electrons. The molecule has 3 atom stereocenters. The van der Waals surface area contributed by atoms with Crippen molar-refractivity contribution in [3.05, 3.63) is 113 Å². The molecule has 0 aliphatic carbocycles. The average Bonchev–Trinajstić information content (AvgIpc) is 3.53. The first-order valence-electron chi connectivity index (χ1n) is 21.4. The summed E-state index contributed by atoms with van der Waals surface area (Å²) in [6.45, 7) is 15.7. The lowest BCUT2D eigenvalue weighted by molar-refractivity contribution is -0.121. The minimum atomic E-state index is -0.233. The number of nitrogens with zero attached hydrogens (tertiary/aromatic N) is 4. The molecule has 61 heavy (non-hydrogen) atoms. The van der Waals surface area contributed by atoms with E-state index in [1.54, 1.807) is 31.6 Å². The van der Waals surface area contributed by atoms with E-state index in [4.69, 9.17) is 28.7 Å². The highest BCUT2D eigenvalue weighted by molar-refractivity contribution is 6.04. The minimum absolute atomic E-state index is 0.0946. The first-order valence-corrected chi connectivity index (χ1v) is 21.4. The van der Waals surface area contributed by atoms with Crippen molar-refractivity contribution in [2.24, 2.45) is 0 Å². The minimum Gasteiger partial charge on any atom is -0.491 e. The van der Waals surface area contributed by atoms with Crippen LogP contribution in [0.15, 0.2) is 85.3 Å². The summed E-state index contributed by atoms with van der Waals surface area (Å²) in [5, 5.41) is 9.83. The fraction of sp³-hybridized carbons (Fsp3) is 0.489. The maximum atomic E-state index is 13.8. The Hall–Kier alpha value is -4.80. The van der Waals surface area contributed by atoms with Crippen molar-refractivity contribution in [2.75, 3.05) is 103 Å². The summed E-state index contributed by atoms with van der Waals surface area (Å²) in [5.41, 5.74) is 6.18. The van der Waals surface area contributed by atoms with Crippen LogP contribution in [-0.2, 0) is 35.6 Å². The Bertz CT molecular complexity index is 1980. The number of rotatable bonds is 23. The molecule has 2 aliphatic rings. The van der Waals surface area contributed by atoms with Gasteiger partial charge in [0, 0.05) is 86.7 Å². The third-order valence-electron chi connectivity index (χ3n) is 11.0. The van der Waals surface area contributed by atoms with Gasteiger partial charge < -0.3 is 44.5 Å². The van der Waals surface area contributed by atoms with E-state index in [1.165, 1.54) is 0 Å². The Morgan fingerprint density at radius 2 is 1.64 bits per heavy atom. The van der Waals surface area contributed by atoms with Gasteiger partial charge in [-0.1, -0.05) is 38.1 Å². The lowest BCUT2D eigenvalue weighted by Crippen LogP contribution is -2.59. The van der Waals surface area contributed by atoms with Gasteiger partial charge in [0.05, 0.1) is 64.2 Å². The second-order valence-electron chi connectivity index (χ2n) is 16.4. The zero-order chi connectivity index (χ0) is 43.0. The topological polar surface area (TPSA) is 149 Å². The quantitative estimate of drug-likeness (QED) is 0.0861. The van der Waals surface area contributed by atoms with Crippen molar-refractivity contribution in [1.29, 1.82) is 0 Å². The van der Waals surface area contributed by atoms with Crippen LogP contribution in [0.2, 0.25) is 0 Å². The maximum Gasteiger partial charge on any atom is 0.255 e. The summed E-state index contributed by atoms with van der Waals surface area (Å²) in [7, 11) is 1.71. The molecule has 0 saturated carbocycles. The molecule has 0 unspecified atom stereocenters. The van der Waals surface area contributed by atoms with Gasteiger partial charge in [0.1, 0.15) is 12.4 Å². The van der Waals surface area contributed by atoms with Crippen molar-refractivity contribution >= 4 is 23.2 Å². The maximum absolute atomic E-state index is 13.8. The van der Waals surface area contributed by atoms with Crippen LogP contribution in [-0.4, -0.2) is 131 Å². The monoisotopic (exact) mass is 837 g/mol. The number of piperazine rings is 1. The standard InChI is InChI=1S/C47H63N7O7/c1-34-30-53(41(29-50-34)32-57-5)31-44(55)54-33-47(3,4)45-43(54)27-37(28-51-45)25-36-7-6-8-42(26-36)61-24-23-60-22-21-59-20-19-58-18-17-49-35(2)38-9-11-39(12-10-38)46(56)52-40-13-15-48-16-14-40/h6-16,26-28,34-35,41,49-50H,17-25,29-33H2,1-5H3,(H,48,52,56)/t34-,35-,41-/m1/s1. The number of carbonyl (C=O) groups is 2. The van der Waals surface area contributed by atoms with E-state index in [1.807, 2.05) is 53.6 Å². The number of fused-ring (bicyclic) bond motifs is 1. The third kappa shape index (κ3) is 13.6. The van der Waals surface area contributed by atoms with Gasteiger partial charge in [0.2, 0.25) is 5.91 Å². The number of methoxy groups -OCH3 is 1. The number of pyridine rings is 2. The number of hydrogen-bond acceptors (Lipinski definition) is 12. The Morgan fingerprint density at radius 3 is 2.38 bits per heavy atom. The van der Waals surface area contributed by atoms with E-state index in [0.717, 1.165) is 46.9 Å². The van der Waals surface area contributed by atoms with Crippen LogP contribution in [0.4, 0.5) is 11.4 Å². The molecular weight excluding hydrogens is 775 g/mol. The molecule has 2 aromatic heterocycles. The van der Waals surface area contributed by atoms with Crippen LogP contribution in [0.25, 0.3) is 0 Å². The van der Waals surface area contributed by atoms with E-state index in [2.05, 4.69) is 65.7 Å². The lowest BCUT2D eigenvalue weighted by Gasteiger charge is -2.39. The summed E-state index contributed by atoms with van der Waals surface area (Å²) in [6.07, 6.45) is 5.89. The van der Waals surface area contributed by atoms with E-state index in [9.17, 15) is 9.59 Å². The first kappa shape index (κ1) is 45.7. The summed E-state index contributed by atoms with van der Waals surface area (Å²) < 4.78 is 28.6. The molecule has 4 aromatic rings. The number of carbonyl (C=O) groups excluding carboxylic acids is 2. The Morgan fingerprint density at radius 1 is 0.918 bits per heavy atom. The molecule has 3 N–H and O–H groups in total. The summed E-state index contributed by atoms with van der Waals surface area (Å²) in [6, 6.07) is 21.9. The molecule has 0 spiro atoms. The van der Waals surface area contributed by atoms with E-state index in [-0.39, 0.29) is 29.3 Å². The van der Waals surface area contributed by atoms with Gasteiger partial charge in [-0.25, -0.2) is 0 Å². The Labute approximate surface area is 360 Å². The van der Waals surface area contributed by atoms with Gasteiger partial charge in [0.15, 0.2) is 0 Å². The smallest absolute Gasteiger partial charge is 0.255 e. The Balaban J connectivity index is 0.828. The molecule has 1 fully saturated rings. The second-order valence-corrected chi connectivity index (χ2v) is 16.4. The summed E-state index contributed by atoms with van der Waals surface area (Å²) >= 11 is 0. The van der Waals surface area contributed by atoms with Gasteiger partial charge in [0.25, 0.3) is 5.91 Å². The Kier molecular flexibility index (Phi) is 17.1. The number of hydrogen-bond donors (Lipinski definition) is 3. The molecule has 2 amide bonds. The van der Waals surface area contributed by atoms with E-state index < -0.39 is 0 Å². The highest BCUT2D eigenvalue weighted by atomic mass is 16.6. The van der Waals surface area contributed by atoms with Crippen molar-refractivity contribution in [2.45, 2.75) is 57.7 Å². The molecule has 1 saturated heterocycles. The van der Waals surface area contributed by atoms with Crippen molar-refractivity contribution in [3.63, 3.8) is 0 Å². The fourth-order valence-electron chi connectivity index (χ4n) is 7.71.